The zero-order valence-corrected chi connectivity index (χ0v) is 14.1. The molecular weight excluding hydrogens is 336 g/mol. The van der Waals surface area contributed by atoms with Gasteiger partial charge < -0.3 is 5.32 Å². The standard InChI is InChI=1S/C16H22BrClN2/c17-14-3-4-15(18)13(10-14)11-20-8-5-12(6-9-20)16-2-1-7-19-16/h3-4,10,12,16,19H,1-2,5-9,11H2. The van der Waals surface area contributed by atoms with Crippen LogP contribution in [-0.2, 0) is 6.54 Å². The SMILES string of the molecule is Clc1ccc(Br)cc1CN1CCC(C2CCCN2)CC1. The normalized spacial score (nSPS) is 25.2. The molecule has 2 nitrogen and oxygen atoms in total. The zero-order chi connectivity index (χ0) is 13.9. The smallest absolute Gasteiger partial charge is 0.0451 e. The molecule has 0 spiro atoms. The van der Waals surface area contributed by atoms with Gasteiger partial charge in [-0.25, -0.2) is 0 Å². The fraction of sp³-hybridized carbons (Fsp3) is 0.625. The zero-order valence-electron chi connectivity index (χ0n) is 11.7. The minimum Gasteiger partial charge on any atom is -0.314 e. The summed E-state index contributed by atoms with van der Waals surface area (Å²) in [4.78, 5) is 2.54. The second-order valence-electron chi connectivity index (χ2n) is 6.05. The minimum absolute atomic E-state index is 0.784. The Bertz CT molecular complexity index is 452. The molecule has 0 bridgehead atoms. The molecule has 2 aliphatic rings. The number of halogens is 2. The molecule has 20 heavy (non-hydrogen) atoms. The highest BCUT2D eigenvalue weighted by Crippen LogP contribution is 2.28. The lowest BCUT2D eigenvalue weighted by molar-refractivity contribution is 0.157. The largest absolute Gasteiger partial charge is 0.314 e. The summed E-state index contributed by atoms with van der Waals surface area (Å²) in [6, 6.07) is 6.92. The summed E-state index contributed by atoms with van der Waals surface area (Å²) in [7, 11) is 0. The molecule has 0 radical (unpaired) electrons. The topological polar surface area (TPSA) is 15.3 Å². The summed E-state index contributed by atoms with van der Waals surface area (Å²) in [5.74, 6) is 0.881. The van der Waals surface area contributed by atoms with Crippen LogP contribution < -0.4 is 5.32 Å². The predicted molar refractivity (Wildman–Crippen MR) is 88.2 cm³/mol. The Hall–Kier alpha value is -0.0900. The van der Waals surface area contributed by atoms with Crippen LogP contribution in [0.15, 0.2) is 22.7 Å². The predicted octanol–water partition coefficient (Wildman–Crippen LogP) is 4.07. The third-order valence-electron chi connectivity index (χ3n) is 4.70. The van der Waals surface area contributed by atoms with E-state index in [0.29, 0.717) is 0 Å². The summed E-state index contributed by atoms with van der Waals surface area (Å²) in [5.41, 5.74) is 1.23. The second kappa shape index (κ2) is 6.78. The first-order chi connectivity index (χ1) is 9.72. The molecule has 0 aromatic heterocycles. The average Bonchev–Trinajstić information content (AvgIpc) is 2.98. The molecule has 0 saturated carbocycles. The number of piperidine rings is 1. The van der Waals surface area contributed by atoms with Crippen molar-refractivity contribution in [2.24, 2.45) is 5.92 Å². The van der Waals surface area contributed by atoms with Crippen LogP contribution in [0.5, 0.6) is 0 Å². The van der Waals surface area contributed by atoms with Crippen LogP contribution in [0, 0.1) is 5.92 Å². The van der Waals surface area contributed by atoms with Crippen molar-refractivity contribution in [3.63, 3.8) is 0 Å². The van der Waals surface area contributed by atoms with Gasteiger partial charge in [-0.15, -0.1) is 0 Å². The van der Waals surface area contributed by atoms with Crippen molar-refractivity contribution in [1.29, 1.82) is 0 Å². The molecule has 3 rings (SSSR count). The number of nitrogens with zero attached hydrogens (tertiary/aromatic N) is 1. The summed E-state index contributed by atoms with van der Waals surface area (Å²) in [6.07, 6.45) is 5.38. The highest BCUT2D eigenvalue weighted by Gasteiger charge is 2.28. The summed E-state index contributed by atoms with van der Waals surface area (Å²) < 4.78 is 1.11. The molecule has 0 aliphatic carbocycles. The van der Waals surface area contributed by atoms with Crippen LogP contribution in [0.4, 0.5) is 0 Å². The van der Waals surface area contributed by atoms with E-state index in [0.717, 1.165) is 28.0 Å². The number of nitrogens with one attached hydrogen (secondary N) is 1. The quantitative estimate of drug-likeness (QED) is 0.877. The molecular formula is C16H22BrClN2. The second-order valence-corrected chi connectivity index (χ2v) is 7.38. The van der Waals surface area contributed by atoms with Gasteiger partial charge in [0.2, 0.25) is 0 Å². The van der Waals surface area contributed by atoms with E-state index < -0.39 is 0 Å². The Morgan fingerprint density at radius 1 is 1.25 bits per heavy atom. The molecule has 1 aromatic rings. The van der Waals surface area contributed by atoms with Crippen LogP contribution in [0.1, 0.15) is 31.2 Å². The maximum atomic E-state index is 6.29. The molecule has 0 amide bonds. The van der Waals surface area contributed by atoms with Gasteiger partial charge >= 0.3 is 0 Å². The Morgan fingerprint density at radius 3 is 2.75 bits per heavy atom. The van der Waals surface area contributed by atoms with Gasteiger partial charge in [-0.2, -0.15) is 0 Å². The van der Waals surface area contributed by atoms with Crippen LogP contribution in [-0.4, -0.2) is 30.6 Å². The number of benzene rings is 1. The third-order valence-corrected chi connectivity index (χ3v) is 5.56. The number of hydrogen-bond acceptors (Lipinski definition) is 2. The maximum Gasteiger partial charge on any atom is 0.0451 e. The van der Waals surface area contributed by atoms with Crippen molar-refractivity contribution in [3.8, 4) is 0 Å². The van der Waals surface area contributed by atoms with E-state index in [1.807, 2.05) is 12.1 Å². The third kappa shape index (κ3) is 3.56. The fourth-order valence-corrected chi connectivity index (χ4v) is 4.12. The van der Waals surface area contributed by atoms with Crippen molar-refractivity contribution in [2.45, 2.75) is 38.3 Å². The Kier molecular flexibility index (Phi) is 5.03. The minimum atomic E-state index is 0.784. The molecule has 4 heteroatoms. The van der Waals surface area contributed by atoms with Crippen molar-refractivity contribution in [1.82, 2.24) is 10.2 Å². The molecule has 110 valence electrons. The van der Waals surface area contributed by atoms with E-state index in [1.54, 1.807) is 0 Å². The van der Waals surface area contributed by atoms with Crippen molar-refractivity contribution >= 4 is 27.5 Å². The molecule has 2 aliphatic heterocycles. The van der Waals surface area contributed by atoms with E-state index in [-0.39, 0.29) is 0 Å². The van der Waals surface area contributed by atoms with Crippen LogP contribution >= 0.6 is 27.5 Å². The van der Waals surface area contributed by atoms with Crippen molar-refractivity contribution < 1.29 is 0 Å². The Morgan fingerprint density at radius 2 is 2.05 bits per heavy atom. The molecule has 2 fully saturated rings. The highest BCUT2D eigenvalue weighted by atomic mass is 79.9. The highest BCUT2D eigenvalue weighted by molar-refractivity contribution is 9.10. The van der Waals surface area contributed by atoms with Crippen LogP contribution in [0.2, 0.25) is 5.02 Å². The lowest BCUT2D eigenvalue weighted by atomic mass is 9.88. The van der Waals surface area contributed by atoms with Gasteiger partial charge in [-0.3, -0.25) is 4.90 Å². The van der Waals surface area contributed by atoms with Gasteiger partial charge in [-0.05, 0) is 75.0 Å². The lowest BCUT2D eigenvalue weighted by Gasteiger charge is -2.35. The van der Waals surface area contributed by atoms with E-state index in [1.165, 1.54) is 50.9 Å². The van der Waals surface area contributed by atoms with Gasteiger partial charge in [0.05, 0.1) is 0 Å². The summed E-state index contributed by atoms with van der Waals surface area (Å²) >= 11 is 9.82. The van der Waals surface area contributed by atoms with Gasteiger partial charge in [0.25, 0.3) is 0 Å². The molecule has 1 aromatic carbocycles. The number of likely N-dealkylation sites (tertiary alicyclic amines) is 1. The van der Waals surface area contributed by atoms with E-state index >= 15 is 0 Å². The van der Waals surface area contributed by atoms with Gasteiger partial charge in [-0.1, -0.05) is 27.5 Å². The molecule has 2 heterocycles. The molecule has 1 atom stereocenters. The average molecular weight is 358 g/mol. The van der Waals surface area contributed by atoms with E-state index in [2.05, 4.69) is 32.2 Å². The Labute approximate surface area is 135 Å². The maximum absolute atomic E-state index is 6.29. The van der Waals surface area contributed by atoms with Gasteiger partial charge in [0.15, 0.2) is 0 Å². The number of rotatable bonds is 3. The van der Waals surface area contributed by atoms with Gasteiger partial charge in [0.1, 0.15) is 0 Å². The summed E-state index contributed by atoms with van der Waals surface area (Å²) in [6.45, 7) is 4.60. The van der Waals surface area contributed by atoms with Gasteiger partial charge in [0, 0.05) is 22.1 Å². The van der Waals surface area contributed by atoms with Crippen LogP contribution in [0.3, 0.4) is 0 Å². The fourth-order valence-electron chi connectivity index (χ4n) is 3.53. The molecule has 1 unspecified atom stereocenters. The Balaban J connectivity index is 1.54. The summed E-state index contributed by atoms with van der Waals surface area (Å²) in [5, 5.41) is 4.54. The monoisotopic (exact) mass is 356 g/mol. The number of hydrogen-bond donors (Lipinski definition) is 1. The van der Waals surface area contributed by atoms with Crippen molar-refractivity contribution in [2.75, 3.05) is 19.6 Å². The molecule has 1 N–H and O–H groups in total. The molecule has 2 saturated heterocycles. The van der Waals surface area contributed by atoms with E-state index in [4.69, 9.17) is 11.6 Å². The first kappa shape index (κ1) is 14.8. The van der Waals surface area contributed by atoms with Crippen LogP contribution in [0.25, 0.3) is 0 Å². The van der Waals surface area contributed by atoms with Crippen molar-refractivity contribution in [3.05, 3.63) is 33.3 Å². The lowest BCUT2D eigenvalue weighted by Crippen LogP contribution is -2.40. The first-order valence-electron chi connectivity index (χ1n) is 7.62. The first-order valence-corrected chi connectivity index (χ1v) is 8.79. The van der Waals surface area contributed by atoms with E-state index in [9.17, 15) is 0 Å².